The Balaban J connectivity index is 1.49. The lowest BCUT2D eigenvalue weighted by Gasteiger charge is -2.10. The molecule has 0 saturated carbocycles. The minimum atomic E-state index is -3.95. The van der Waals surface area contributed by atoms with Gasteiger partial charge in [0.05, 0.1) is 11.6 Å². The molecule has 4 aromatic rings. The Bertz CT molecular complexity index is 1340. The maximum absolute atomic E-state index is 12.7. The topological polar surface area (TPSA) is 118 Å². The summed E-state index contributed by atoms with van der Waals surface area (Å²) in [6, 6.07) is 13.0. The Kier molecular flexibility index (Phi) is 5.94. The number of hydrogen-bond donors (Lipinski definition) is 2. The second-order valence-corrected chi connectivity index (χ2v) is 8.70. The molecule has 4 rings (SSSR count). The van der Waals surface area contributed by atoms with Crippen LogP contribution in [0.1, 0.15) is 21.7 Å². The van der Waals surface area contributed by atoms with E-state index in [4.69, 9.17) is 11.6 Å². The van der Waals surface area contributed by atoms with Crippen LogP contribution >= 0.6 is 11.6 Å². The van der Waals surface area contributed by atoms with Crippen molar-refractivity contribution in [2.24, 2.45) is 0 Å². The lowest BCUT2D eigenvalue weighted by atomic mass is 10.2. The first-order chi connectivity index (χ1) is 14.9. The highest BCUT2D eigenvalue weighted by Gasteiger charge is 2.20. The first-order valence-corrected chi connectivity index (χ1v) is 11.0. The summed E-state index contributed by atoms with van der Waals surface area (Å²) in [5.41, 5.74) is 1.50. The van der Waals surface area contributed by atoms with Crippen molar-refractivity contribution in [3.05, 3.63) is 89.1 Å². The number of nitrogens with zero attached hydrogens (tertiary/aromatic N) is 4. The van der Waals surface area contributed by atoms with Gasteiger partial charge < -0.3 is 5.32 Å². The molecule has 11 heteroatoms. The molecule has 3 heterocycles. The molecule has 0 aliphatic rings. The predicted molar refractivity (Wildman–Crippen MR) is 114 cm³/mol. The Morgan fingerprint density at radius 2 is 1.94 bits per heavy atom. The Labute approximate surface area is 183 Å². The number of benzene rings is 1. The van der Waals surface area contributed by atoms with Gasteiger partial charge in [-0.25, -0.2) is 13.1 Å². The molecule has 0 radical (unpaired) electrons. The molecule has 3 aromatic heterocycles. The van der Waals surface area contributed by atoms with Crippen LogP contribution in [-0.2, 0) is 23.1 Å². The number of amides is 1. The maximum atomic E-state index is 12.7. The number of pyridine rings is 2. The molecule has 1 aromatic carbocycles. The van der Waals surface area contributed by atoms with E-state index in [1.807, 2.05) is 12.1 Å². The molecule has 158 valence electrons. The van der Waals surface area contributed by atoms with Crippen molar-refractivity contribution < 1.29 is 13.2 Å². The van der Waals surface area contributed by atoms with Crippen LogP contribution in [0.2, 0.25) is 5.02 Å². The second kappa shape index (κ2) is 8.80. The van der Waals surface area contributed by atoms with Gasteiger partial charge in [0.2, 0.25) is 10.0 Å². The van der Waals surface area contributed by atoms with Gasteiger partial charge in [-0.15, -0.1) is 10.2 Å². The summed E-state index contributed by atoms with van der Waals surface area (Å²) in [6.45, 7) is 0.164. The highest BCUT2D eigenvalue weighted by molar-refractivity contribution is 7.89. The van der Waals surface area contributed by atoms with Gasteiger partial charge in [-0.3, -0.25) is 14.2 Å². The highest BCUT2D eigenvalue weighted by Crippen LogP contribution is 2.23. The lowest BCUT2D eigenvalue weighted by molar-refractivity contribution is 0.0949. The normalized spacial score (nSPS) is 11.5. The molecule has 1 amide bonds. The minimum Gasteiger partial charge on any atom is -0.345 e. The zero-order valence-electron chi connectivity index (χ0n) is 16.1. The largest absolute Gasteiger partial charge is 0.345 e. The number of hydrogen-bond acceptors (Lipinski definition) is 6. The van der Waals surface area contributed by atoms with Crippen LogP contribution in [0, 0.1) is 0 Å². The van der Waals surface area contributed by atoms with Crippen molar-refractivity contribution in [3.63, 3.8) is 0 Å². The summed E-state index contributed by atoms with van der Waals surface area (Å²) < 4.78 is 29.7. The SMILES string of the molecule is O=C(NCc1nnc2ccccn12)c1ccc(Cl)c(S(=O)(=O)NCc2cccnc2)c1. The van der Waals surface area contributed by atoms with Crippen LogP contribution < -0.4 is 10.0 Å². The smallest absolute Gasteiger partial charge is 0.251 e. The number of aromatic nitrogens is 4. The fraction of sp³-hybridized carbons (Fsp3) is 0.100. The van der Waals surface area contributed by atoms with Crippen LogP contribution in [0.5, 0.6) is 0 Å². The van der Waals surface area contributed by atoms with E-state index in [0.29, 0.717) is 17.0 Å². The fourth-order valence-electron chi connectivity index (χ4n) is 2.88. The van der Waals surface area contributed by atoms with E-state index < -0.39 is 15.9 Å². The molecule has 2 N–H and O–H groups in total. The molecule has 0 spiro atoms. The number of halogens is 1. The summed E-state index contributed by atoms with van der Waals surface area (Å²) in [5.74, 6) is 0.0805. The van der Waals surface area contributed by atoms with Crippen LogP contribution in [0.3, 0.4) is 0 Å². The fourth-order valence-corrected chi connectivity index (χ4v) is 4.42. The number of carbonyl (C=O) groups excluding carboxylic acids is 1. The minimum absolute atomic E-state index is 0.0127. The molecule has 0 bridgehead atoms. The predicted octanol–water partition coefficient (Wildman–Crippen LogP) is 2.19. The molecule has 0 saturated heterocycles. The average molecular weight is 457 g/mol. The van der Waals surface area contributed by atoms with Crippen molar-refractivity contribution in [1.82, 2.24) is 29.6 Å². The van der Waals surface area contributed by atoms with E-state index in [-0.39, 0.29) is 28.6 Å². The van der Waals surface area contributed by atoms with Crippen molar-refractivity contribution in [2.45, 2.75) is 18.0 Å². The summed E-state index contributed by atoms with van der Waals surface area (Å²) in [6.07, 6.45) is 4.94. The molecule has 0 aliphatic heterocycles. The molecule has 0 atom stereocenters. The summed E-state index contributed by atoms with van der Waals surface area (Å²) in [5, 5.41) is 10.8. The van der Waals surface area contributed by atoms with Gasteiger partial charge in [0.25, 0.3) is 5.91 Å². The van der Waals surface area contributed by atoms with Gasteiger partial charge in [-0.2, -0.15) is 0 Å². The number of sulfonamides is 1. The average Bonchev–Trinajstić information content (AvgIpc) is 3.20. The van der Waals surface area contributed by atoms with Crippen LogP contribution in [0.4, 0.5) is 0 Å². The van der Waals surface area contributed by atoms with Gasteiger partial charge in [0.1, 0.15) is 4.90 Å². The maximum Gasteiger partial charge on any atom is 0.251 e. The molecule has 31 heavy (non-hydrogen) atoms. The van der Waals surface area contributed by atoms with Crippen molar-refractivity contribution in [3.8, 4) is 0 Å². The zero-order chi connectivity index (χ0) is 21.8. The van der Waals surface area contributed by atoms with Crippen LogP contribution in [-0.4, -0.2) is 33.9 Å². The first-order valence-electron chi connectivity index (χ1n) is 9.19. The Hall–Kier alpha value is -3.34. The molecule has 0 fully saturated rings. The molecular weight excluding hydrogens is 440 g/mol. The van der Waals surface area contributed by atoms with E-state index in [0.717, 1.165) is 0 Å². The van der Waals surface area contributed by atoms with E-state index in [1.54, 1.807) is 41.2 Å². The standard InChI is InChI=1S/C20H17ClN6O3S/c21-16-7-6-15(10-17(16)31(29,30)24-12-14-4-3-8-22-11-14)20(28)23-13-19-26-25-18-5-1-2-9-27(18)19/h1-11,24H,12-13H2,(H,23,28). The van der Waals surface area contributed by atoms with E-state index >= 15 is 0 Å². The molecular formula is C20H17ClN6O3S. The first kappa shape index (κ1) is 20.9. The number of fused-ring (bicyclic) bond motifs is 1. The summed E-state index contributed by atoms with van der Waals surface area (Å²) >= 11 is 6.11. The zero-order valence-corrected chi connectivity index (χ0v) is 17.6. The van der Waals surface area contributed by atoms with Crippen LogP contribution in [0.25, 0.3) is 5.65 Å². The van der Waals surface area contributed by atoms with E-state index in [9.17, 15) is 13.2 Å². The third kappa shape index (κ3) is 4.71. The number of nitrogens with one attached hydrogen (secondary N) is 2. The third-order valence-corrected chi connectivity index (χ3v) is 6.35. The quantitative estimate of drug-likeness (QED) is 0.440. The highest BCUT2D eigenvalue weighted by atomic mass is 35.5. The number of rotatable bonds is 7. The van der Waals surface area contributed by atoms with Crippen molar-refractivity contribution in [1.29, 1.82) is 0 Å². The lowest BCUT2D eigenvalue weighted by Crippen LogP contribution is -2.26. The summed E-state index contributed by atoms with van der Waals surface area (Å²) in [4.78, 5) is 16.4. The van der Waals surface area contributed by atoms with Crippen LogP contribution in [0.15, 0.2) is 72.0 Å². The van der Waals surface area contributed by atoms with Gasteiger partial charge in [-0.05, 0) is 42.0 Å². The monoisotopic (exact) mass is 456 g/mol. The third-order valence-electron chi connectivity index (χ3n) is 4.46. The molecule has 0 unspecified atom stereocenters. The van der Waals surface area contributed by atoms with E-state index in [2.05, 4.69) is 25.2 Å². The van der Waals surface area contributed by atoms with Gasteiger partial charge >= 0.3 is 0 Å². The van der Waals surface area contributed by atoms with E-state index in [1.165, 1.54) is 18.2 Å². The number of carbonyl (C=O) groups is 1. The second-order valence-electron chi connectivity index (χ2n) is 6.56. The van der Waals surface area contributed by atoms with Crippen molar-refractivity contribution in [2.75, 3.05) is 0 Å². The van der Waals surface area contributed by atoms with Gasteiger partial charge in [0.15, 0.2) is 11.5 Å². The van der Waals surface area contributed by atoms with Crippen molar-refractivity contribution >= 4 is 33.2 Å². The molecule has 0 aliphatic carbocycles. The molecule has 9 nitrogen and oxygen atoms in total. The summed E-state index contributed by atoms with van der Waals surface area (Å²) in [7, 11) is -3.95. The Morgan fingerprint density at radius 1 is 1.06 bits per heavy atom. The van der Waals surface area contributed by atoms with Gasteiger partial charge in [-0.1, -0.05) is 23.7 Å². The van der Waals surface area contributed by atoms with Gasteiger partial charge in [0, 0.05) is 30.7 Å². The Morgan fingerprint density at radius 3 is 2.74 bits per heavy atom.